The van der Waals surface area contributed by atoms with Crippen LogP contribution in [0.4, 0.5) is 0 Å². The standard InChI is InChI=1S/C21H24O6/c1-21(2,3)27-19(24)7-5-4-6-16(22)10-9-15-12-14-8-11-17(23)13-18(14)26-20(15)25/h8-13,23H,4-7H2,1-3H3/b10-9+. The van der Waals surface area contributed by atoms with Crippen LogP contribution in [0.5, 0.6) is 5.75 Å². The molecule has 1 N–H and O–H groups in total. The van der Waals surface area contributed by atoms with Crippen molar-refractivity contribution >= 4 is 28.8 Å². The molecule has 0 spiro atoms. The molecule has 0 saturated carbocycles. The molecule has 2 rings (SSSR count). The number of phenols is 1. The van der Waals surface area contributed by atoms with Gasteiger partial charge in [-0.1, -0.05) is 0 Å². The molecule has 0 radical (unpaired) electrons. The van der Waals surface area contributed by atoms with E-state index in [4.69, 9.17) is 9.15 Å². The van der Waals surface area contributed by atoms with Crippen LogP contribution in [0.25, 0.3) is 17.0 Å². The summed E-state index contributed by atoms with van der Waals surface area (Å²) in [6.07, 6.45) is 4.45. The molecule has 1 heterocycles. The Morgan fingerprint density at radius 1 is 1.15 bits per heavy atom. The highest BCUT2D eigenvalue weighted by atomic mass is 16.6. The van der Waals surface area contributed by atoms with Gasteiger partial charge in [-0.2, -0.15) is 0 Å². The van der Waals surface area contributed by atoms with Crippen LogP contribution < -0.4 is 5.63 Å². The Morgan fingerprint density at radius 3 is 2.56 bits per heavy atom. The molecule has 0 fully saturated rings. The van der Waals surface area contributed by atoms with Crippen molar-refractivity contribution in [3.63, 3.8) is 0 Å². The van der Waals surface area contributed by atoms with Gasteiger partial charge in [0.2, 0.25) is 0 Å². The SMILES string of the molecule is CC(C)(C)OC(=O)CCCCC(=O)/C=C/c1cc2ccc(O)cc2oc1=O. The van der Waals surface area contributed by atoms with E-state index in [2.05, 4.69) is 0 Å². The minimum Gasteiger partial charge on any atom is -0.508 e. The zero-order chi connectivity index (χ0) is 20.0. The lowest BCUT2D eigenvalue weighted by Gasteiger charge is -2.19. The molecule has 0 amide bonds. The highest BCUT2D eigenvalue weighted by Crippen LogP contribution is 2.19. The molecule has 0 aliphatic rings. The van der Waals surface area contributed by atoms with Crippen molar-refractivity contribution < 1.29 is 23.8 Å². The Bertz CT molecular complexity index is 914. The summed E-state index contributed by atoms with van der Waals surface area (Å²) in [5.74, 6) is -0.398. The monoisotopic (exact) mass is 372 g/mol. The molecule has 6 nitrogen and oxygen atoms in total. The predicted octanol–water partition coefficient (Wildman–Crippen LogP) is 3.98. The van der Waals surface area contributed by atoms with E-state index in [0.29, 0.717) is 18.2 Å². The summed E-state index contributed by atoms with van der Waals surface area (Å²) in [6, 6.07) is 6.09. The number of esters is 1. The molecular weight excluding hydrogens is 348 g/mol. The summed E-state index contributed by atoms with van der Waals surface area (Å²) in [6.45, 7) is 5.43. The van der Waals surface area contributed by atoms with Crippen molar-refractivity contribution in [3.8, 4) is 5.75 Å². The van der Waals surface area contributed by atoms with Gasteiger partial charge in [0.05, 0.1) is 5.56 Å². The molecule has 0 saturated heterocycles. The van der Waals surface area contributed by atoms with E-state index in [9.17, 15) is 19.5 Å². The highest BCUT2D eigenvalue weighted by Gasteiger charge is 2.15. The van der Waals surface area contributed by atoms with Crippen molar-refractivity contribution in [2.24, 2.45) is 0 Å². The number of rotatable bonds is 7. The maximum absolute atomic E-state index is 11.9. The van der Waals surface area contributed by atoms with Crippen LogP contribution in [-0.2, 0) is 14.3 Å². The first-order valence-electron chi connectivity index (χ1n) is 8.84. The number of allylic oxidation sites excluding steroid dienone is 1. The van der Waals surface area contributed by atoms with E-state index in [1.807, 2.05) is 20.8 Å². The Morgan fingerprint density at radius 2 is 1.85 bits per heavy atom. The molecular formula is C21H24O6. The summed E-state index contributed by atoms with van der Waals surface area (Å²) in [5, 5.41) is 10.1. The van der Waals surface area contributed by atoms with E-state index < -0.39 is 11.2 Å². The Balaban J connectivity index is 1.87. The molecule has 0 aliphatic carbocycles. The number of carbonyl (C=O) groups is 2. The lowest BCUT2D eigenvalue weighted by Crippen LogP contribution is -2.23. The summed E-state index contributed by atoms with van der Waals surface area (Å²) >= 11 is 0. The third-order valence-corrected chi connectivity index (χ3v) is 3.67. The zero-order valence-electron chi connectivity index (χ0n) is 15.8. The van der Waals surface area contributed by atoms with E-state index in [-0.39, 0.29) is 41.5 Å². The van der Waals surface area contributed by atoms with Crippen LogP contribution >= 0.6 is 0 Å². The summed E-state index contributed by atoms with van der Waals surface area (Å²) in [4.78, 5) is 35.5. The van der Waals surface area contributed by atoms with Gasteiger partial charge in [-0.05, 0) is 64.0 Å². The number of fused-ring (bicyclic) bond motifs is 1. The van der Waals surface area contributed by atoms with Gasteiger partial charge >= 0.3 is 11.6 Å². The Labute approximate surface area is 157 Å². The maximum Gasteiger partial charge on any atom is 0.343 e. The van der Waals surface area contributed by atoms with E-state index in [1.165, 1.54) is 24.3 Å². The highest BCUT2D eigenvalue weighted by molar-refractivity contribution is 5.94. The first-order chi connectivity index (χ1) is 12.6. The number of benzene rings is 1. The molecule has 0 bridgehead atoms. The van der Waals surface area contributed by atoms with Crippen LogP contribution in [0.3, 0.4) is 0 Å². The number of hydrogen-bond donors (Lipinski definition) is 1. The van der Waals surface area contributed by atoms with Crippen molar-refractivity contribution in [3.05, 3.63) is 46.3 Å². The topological polar surface area (TPSA) is 93.8 Å². The number of unbranched alkanes of at least 4 members (excludes halogenated alkanes) is 1. The van der Waals surface area contributed by atoms with Crippen LogP contribution in [0.1, 0.15) is 52.0 Å². The number of ether oxygens (including phenoxy) is 1. The molecule has 1 aromatic heterocycles. The van der Waals surface area contributed by atoms with Crippen LogP contribution in [0.15, 0.2) is 39.6 Å². The molecule has 0 atom stereocenters. The first-order valence-corrected chi connectivity index (χ1v) is 8.84. The Hall–Kier alpha value is -2.89. The van der Waals surface area contributed by atoms with Gasteiger partial charge in [-0.25, -0.2) is 4.79 Å². The molecule has 27 heavy (non-hydrogen) atoms. The largest absolute Gasteiger partial charge is 0.508 e. The average Bonchev–Trinajstić information content (AvgIpc) is 2.55. The number of aromatic hydroxyl groups is 1. The number of hydrogen-bond acceptors (Lipinski definition) is 6. The van der Waals surface area contributed by atoms with Gasteiger partial charge in [0.25, 0.3) is 0 Å². The third-order valence-electron chi connectivity index (χ3n) is 3.67. The molecule has 6 heteroatoms. The fourth-order valence-corrected chi connectivity index (χ4v) is 2.46. The maximum atomic E-state index is 11.9. The van der Waals surface area contributed by atoms with Crippen molar-refractivity contribution in [1.82, 2.24) is 0 Å². The number of carbonyl (C=O) groups excluding carboxylic acids is 2. The second-order valence-electron chi connectivity index (χ2n) is 7.30. The number of ketones is 1. The fraction of sp³-hybridized carbons (Fsp3) is 0.381. The van der Waals surface area contributed by atoms with Crippen LogP contribution in [0.2, 0.25) is 0 Å². The van der Waals surface area contributed by atoms with E-state index in [1.54, 1.807) is 12.1 Å². The third kappa shape index (κ3) is 6.73. The molecule has 144 valence electrons. The van der Waals surface area contributed by atoms with Gasteiger partial charge in [0, 0.05) is 24.3 Å². The second-order valence-corrected chi connectivity index (χ2v) is 7.30. The van der Waals surface area contributed by atoms with Gasteiger partial charge < -0.3 is 14.3 Å². The lowest BCUT2D eigenvalue weighted by molar-refractivity contribution is -0.155. The van der Waals surface area contributed by atoms with Gasteiger partial charge in [0.15, 0.2) is 5.78 Å². The minimum absolute atomic E-state index is 0.00972. The van der Waals surface area contributed by atoms with Crippen molar-refractivity contribution in [1.29, 1.82) is 0 Å². The van der Waals surface area contributed by atoms with Crippen molar-refractivity contribution in [2.75, 3.05) is 0 Å². The normalized spacial score (nSPS) is 11.8. The lowest BCUT2D eigenvalue weighted by atomic mass is 10.1. The smallest absolute Gasteiger partial charge is 0.343 e. The number of phenolic OH excluding ortho intramolecular Hbond substituents is 1. The van der Waals surface area contributed by atoms with Crippen LogP contribution in [0, 0.1) is 0 Å². The summed E-state index contributed by atoms with van der Waals surface area (Å²) in [7, 11) is 0. The fourth-order valence-electron chi connectivity index (χ4n) is 2.46. The van der Waals surface area contributed by atoms with E-state index in [0.717, 1.165) is 0 Å². The Kier molecular flexibility index (Phi) is 6.55. The van der Waals surface area contributed by atoms with Gasteiger partial charge in [-0.15, -0.1) is 0 Å². The zero-order valence-corrected chi connectivity index (χ0v) is 15.8. The van der Waals surface area contributed by atoms with Gasteiger partial charge in [-0.3, -0.25) is 9.59 Å². The van der Waals surface area contributed by atoms with Crippen LogP contribution in [-0.4, -0.2) is 22.5 Å². The molecule has 0 unspecified atom stereocenters. The molecule has 1 aromatic carbocycles. The molecule has 2 aromatic rings. The quantitative estimate of drug-likeness (QED) is 0.342. The summed E-state index contributed by atoms with van der Waals surface area (Å²) < 4.78 is 10.3. The summed E-state index contributed by atoms with van der Waals surface area (Å²) in [5.41, 5.74) is -0.544. The minimum atomic E-state index is -0.581. The first kappa shape index (κ1) is 20.4. The van der Waals surface area contributed by atoms with Crippen molar-refractivity contribution in [2.45, 2.75) is 52.1 Å². The average molecular weight is 372 g/mol. The van der Waals surface area contributed by atoms with Gasteiger partial charge in [0.1, 0.15) is 16.9 Å². The predicted molar refractivity (Wildman–Crippen MR) is 103 cm³/mol. The van der Waals surface area contributed by atoms with E-state index >= 15 is 0 Å². The second kappa shape index (κ2) is 8.66. The molecule has 0 aliphatic heterocycles.